The zero-order valence-electron chi connectivity index (χ0n) is 12.0. The van der Waals surface area contributed by atoms with Crippen LogP contribution in [0.3, 0.4) is 0 Å². The van der Waals surface area contributed by atoms with E-state index in [-0.39, 0.29) is 6.04 Å². The Morgan fingerprint density at radius 1 is 1.32 bits per heavy atom. The molecule has 1 aromatic rings. The molecule has 1 unspecified atom stereocenters. The Hall–Kier alpha value is -0.570. The quantitative estimate of drug-likeness (QED) is 0.888. The summed E-state index contributed by atoms with van der Waals surface area (Å²) in [4.78, 5) is 2.52. The molecule has 0 saturated carbocycles. The Kier molecular flexibility index (Phi) is 4.88. The molecule has 0 radical (unpaired) electrons. The van der Waals surface area contributed by atoms with E-state index in [1.165, 1.54) is 24.8 Å². The van der Waals surface area contributed by atoms with E-state index in [0.29, 0.717) is 12.0 Å². The number of hydrogen-bond acceptors (Lipinski definition) is 2. The van der Waals surface area contributed by atoms with Crippen molar-refractivity contribution in [1.82, 2.24) is 4.90 Å². The molecule has 0 aliphatic carbocycles. The van der Waals surface area contributed by atoms with Gasteiger partial charge in [-0.05, 0) is 42.9 Å². The largest absolute Gasteiger partial charge is 0.329 e. The third-order valence-corrected chi connectivity index (χ3v) is 5.24. The van der Waals surface area contributed by atoms with Crippen LogP contribution in [-0.4, -0.2) is 24.5 Å². The van der Waals surface area contributed by atoms with E-state index in [4.69, 9.17) is 17.3 Å². The summed E-state index contributed by atoms with van der Waals surface area (Å²) in [6.45, 7) is 7.52. The first-order valence-electron chi connectivity index (χ1n) is 7.34. The van der Waals surface area contributed by atoms with Gasteiger partial charge >= 0.3 is 0 Å². The van der Waals surface area contributed by atoms with Crippen molar-refractivity contribution in [1.29, 1.82) is 0 Å². The van der Waals surface area contributed by atoms with Crippen molar-refractivity contribution in [3.05, 3.63) is 34.9 Å². The minimum atomic E-state index is 0.258. The summed E-state index contributed by atoms with van der Waals surface area (Å²) in [6, 6.07) is 8.35. The monoisotopic (exact) mass is 280 g/mol. The Morgan fingerprint density at radius 2 is 2.00 bits per heavy atom. The number of nitrogens with two attached hydrogens (primary N) is 1. The van der Waals surface area contributed by atoms with Gasteiger partial charge in [0.2, 0.25) is 0 Å². The lowest BCUT2D eigenvalue weighted by molar-refractivity contribution is 0.198. The Balaban J connectivity index is 2.19. The molecule has 3 heteroatoms. The van der Waals surface area contributed by atoms with Crippen LogP contribution in [0.4, 0.5) is 0 Å². The number of likely N-dealkylation sites (tertiary alicyclic amines) is 1. The second-order valence-electron chi connectivity index (χ2n) is 5.70. The summed E-state index contributed by atoms with van der Waals surface area (Å²) in [7, 11) is 0. The van der Waals surface area contributed by atoms with E-state index in [1.54, 1.807) is 0 Å². The molecule has 2 nitrogen and oxygen atoms in total. The lowest BCUT2D eigenvalue weighted by Gasteiger charge is -2.31. The third kappa shape index (κ3) is 2.96. The maximum Gasteiger partial charge on any atom is 0.0485 e. The Labute approximate surface area is 121 Å². The van der Waals surface area contributed by atoms with E-state index < -0.39 is 0 Å². The van der Waals surface area contributed by atoms with Crippen LogP contribution in [0.2, 0.25) is 5.02 Å². The van der Waals surface area contributed by atoms with Crippen molar-refractivity contribution in [2.24, 2.45) is 11.1 Å². The van der Waals surface area contributed by atoms with Crippen LogP contribution in [0.25, 0.3) is 0 Å². The first-order valence-corrected chi connectivity index (χ1v) is 7.72. The highest BCUT2D eigenvalue weighted by Gasteiger charge is 2.38. The van der Waals surface area contributed by atoms with Gasteiger partial charge in [0.25, 0.3) is 0 Å². The predicted molar refractivity (Wildman–Crippen MR) is 82.5 cm³/mol. The highest BCUT2D eigenvalue weighted by Crippen LogP contribution is 2.41. The first-order chi connectivity index (χ1) is 9.15. The fourth-order valence-electron chi connectivity index (χ4n) is 3.28. The molecule has 19 heavy (non-hydrogen) atoms. The fourth-order valence-corrected chi connectivity index (χ4v) is 3.54. The second-order valence-corrected chi connectivity index (χ2v) is 6.11. The van der Waals surface area contributed by atoms with Crippen molar-refractivity contribution < 1.29 is 0 Å². The van der Waals surface area contributed by atoms with Crippen LogP contribution in [-0.2, 0) is 0 Å². The Morgan fingerprint density at radius 3 is 2.53 bits per heavy atom. The van der Waals surface area contributed by atoms with Gasteiger partial charge in [-0.25, -0.2) is 0 Å². The summed E-state index contributed by atoms with van der Waals surface area (Å²) < 4.78 is 0. The molecule has 1 aromatic carbocycles. The summed E-state index contributed by atoms with van der Waals surface area (Å²) in [5.74, 6) is 0. The zero-order chi connectivity index (χ0) is 13.9. The summed E-state index contributed by atoms with van der Waals surface area (Å²) in [5, 5.41) is 0.837. The van der Waals surface area contributed by atoms with Gasteiger partial charge in [-0.3, -0.25) is 4.90 Å². The van der Waals surface area contributed by atoms with Crippen LogP contribution < -0.4 is 5.73 Å². The van der Waals surface area contributed by atoms with Crippen LogP contribution in [0.1, 0.15) is 44.7 Å². The van der Waals surface area contributed by atoms with E-state index in [9.17, 15) is 0 Å². The van der Waals surface area contributed by atoms with Crippen molar-refractivity contribution in [3.63, 3.8) is 0 Å². The van der Waals surface area contributed by atoms with Crippen molar-refractivity contribution >= 4 is 11.6 Å². The van der Waals surface area contributed by atoms with Crippen LogP contribution in [0.15, 0.2) is 24.3 Å². The number of benzene rings is 1. The first kappa shape index (κ1) is 14.8. The number of hydrogen-bond donors (Lipinski definition) is 1. The second kappa shape index (κ2) is 6.25. The molecular formula is C16H25ClN2. The molecule has 2 rings (SSSR count). The summed E-state index contributed by atoms with van der Waals surface area (Å²) >= 11 is 6.33. The van der Waals surface area contributed by atoms with E-state index in [2.05, 4.69) is 24.8 Å². The molecule has 1 aliphatic heterocycles. The lowest BCUT2D eigenvalue weighted by atomic mass is 9.82. The normalized spacial score (nSPS) is 20.6. The highest BCUT2D eigenvalue weighted by molar-refractivity contribution is 6.31. The van der Waals surface area contributed by atoms with Crippen LogP contribution in [0.5, 0.6) is 0 Å². The summed E-state index contributed by atoms with van der Waals surface area (Å²) in [6.07, 6.45) is 3.78. The van der Waals surface area contributed by atoms with Gasteiger partial charge in [-0.2, -0.15) is 0 Å². The molecular weight excluding hydrogens is 256 g/mol. The predicted octanol–water partition coefficient (Wildman–Crippen LogP) is 3.85. The fraction of sp³-hybridized carbons (Fsp3) is 0.625. The van der Waals surface area contributed by atoms with Gasteiger partial charge in [-0.1, -0.05) is 43.6 Å². The van der Waals surface area contributed by atoms with Crippen molar-refractivity contribution in [2.45, 2.75) is 39.2 Å². The molecule has 0 spiro atoms. The molecule has 106 valence electrons. The minimum absolute atomic E-state index is 0.258. The van der Waals surface area contributed by atoms with Gasteiger partial charge in [0, 0.05) is 24.2 Å². The molecule has 1 fully saturated rings. The van der Waals surface area contributed by atoms with Gasteiger partial charge < -0.3 is 5.73 Å². The van der Waals surface area contributed by atoms with Crippen molar-refractivity contribution in [2.75, 3.05) is 19.6 Å². The van der Waals surface area contributed by atoms with E-state index in [1.807, 2.05) is 18.2 Å². The molecule has 1 atom stereocenters. The number of nitrogens with zero attached hydrogens (tertiary/aromatic N) is 1. The van der Waals surface area contributed by atoms with Gasteiger partial charge in [-0.15, -0.1) is 0 Å². The number of rotatable bonds is 5. The molecule has 0 amide bonds. The topological polar surface area (TPSA) is 29.3 Å². The summed E-state index contributed by atoms with van der Waals surface area (Å²) in [5.41, 5.74) is 7.68. The Bertz CT molecular complexity index is 415. The average Bonchev–Trinajstić information content (AvgIpc) is 2.87. The SMILES string of the molecule is CCC1(CC)CCN(C(CN)c2ccccc2Cl)C1. The van der Waals surface area contributed by atoms with Crippen LogP contribution >= 0.6 is 11.6 Å². The maximum atomic E-state index is 6.33. The zero-order valence-corrected chi connectivity index (χ0v) is 12.8. The molecule has 1 saturated heterocycles. The van der Waals surface area contributed by atoms with Gasteiger partial charge in [0.1, 0.15) is 0 Å². The van der Waals surface area contributed by atoms with E-state index >= 15 is 0 Å². The third-order valence-electron chi connectivity index (χ3n) is 4.90. The highest BCUT2D eigenvalue weighted by atomic mass is 35.5. The molecule has 0 aromatic heterocycles. The van der Waals surface area contributed by atoms with Crippen molar-refractivity contribution in [3.8, 4) is 0 Å². The molecule has 1 heterocycles. The smallest absolute Gasteiger partial charge is 0.0485 e. The van der Waals surface area contributed by atoms with Gasteiger partial charge in [0.15, 0.2) is 0 Å². The molecule has 0 bridgehead atoms. The standard InChI is InChI=1S/C16H25ClN2/c1-3-16(4-2)9-10-19(12-16)15(11-18)13-7-5-6-8-14(13)17/h5-8,15H,3-4,9-12,18H2,1-2H3. The molecule has 1 aliphatic rings. The van der Waals surface area contributed by atoms with Crippen LogP contribution in [0, 0.1) is 5.41 Å². The van der Waals surface area contributed by atoms with Gasteiger partial charge in [0.05, 0.1) is 0 Å². The lowest BCUT2D eigenvalue weighted by Crippen LogP contribution is -2.34. The maximum absolute atomic E-state index is 6.33. The average molecular weight is 281 g/mol. The number of halogens is 1. The molecule has 2 N–H and O–H groups in total. The van der Waals surface area contributed by atoms with E-state index in [0.717, 1.165) is 18.1 Å². The minimum Gasteiger partial charge on any atom is -0.329 e.